The van der Waals surface area contributed by atoms with Gasteiger partial charge < -0.3 is 19.7 Å². The smallest absolute Gasteiger partial charge is 0.305 e. The Morgan fingerprint density at radius 3 is 1.62 bits per heavy atom. The number of esters is 2. The minimum Gasteiger partial charge on any atom is -0.463 e. The van der Waals surface area contributed by atoms with Crippen LogP contribution >= 0.6 is 0 Å². The first-order valence-electron chi connectivity index (χ1n) is 16.4. The van der Waals surface area contributed by atoms with Crippen molar-refractivity contribution in [2.45, 2.75) is 142 Å². The van der Waals surface area contributed by atoms with Gasteiger partial charge in [0.15, 0.2) is 0 Å². The molecule has 0 amide bonds. The fraction of sp³-hybridized carbons (Fsp3) is 0.667. The third kappa shape index (κ3) is 30.5. The van der Waals surface area contributed by atoms with Crippen LogP contribution in [0.2, 0.25) is 0 Å². The zero-order valence-electron chi connectivity index (χ0n) is 26.6. The Labute approximate surface area is 256 Å². The lowest BCUT2D eigenvalue weighted by Gasteiger charge is -2.12. The molecular weight excluding hydrogens is 528 g/mol. The molecule has 0 unspecified atom stereocenters. The van der Waals surface area contributed by atoms with E-state index >= 15 is 0 Å². The van der Waals surface area contributed by atoms with Crippen LogP contribution < -0.4 is 0 Å². The minimum atomic E-state index is -0.994. The Hall–Kier alpha value is -2.44. The van der Waals surface area contributed by atoms with E-state index in [1.165, 1.54) is 44.9 Å². The van der Waals surface area contributed by atoms with Gasteiger partial charge in [0.1, 0.15) is 19.3 Å². The van der Waals surface area contributed by atoms with E-state index in [4.69, 9.17) is 9.47 Å². The van der Waals surface area contributed by atoms with E-state index < -0.39 is 6.10 Å². The number of hydrogen-bond donors (Lipinski definition) is 2. The SMILES string of the molecule is CCCCCCCCCCCCC(=O)OC[C@@H](O)COC(=O)CCC/C=C\C/C=C\C/C=C\C/C=C\C=C\[C@@H](O)CC. The Balaban J connectivity index is 3.63. The molecule has 2 N–H and O–H groups in total. The van der Waals surface area contributed by atoms with E-state index in [0.29, 0.717) is 19.3 Å². The zero-order valence-corrected chi connectivity index (χ0v) is 26.6. The lowest BCUT2D eigenvalue weighted by atomic mass is 10.1. The molecule has 0 saturated carbocycles. The van der Waals surface area contributed by atoms with Crippen molar-refractivity contribution in [3.8, 4) is 0 Å². The molecule has 0 radical (unpaired) electrons. The Kier molecular flexibility index (Phi) is 29.7. The van der Waals surface area contributed by atoms with E-state index in [-0.39, 0.29) is 31.3 Å². The summed E-state index contributed by atoms with van der Waals surface area (Å²) in [6, 6.07) is 0. The largest absolute Gasteiger partial charge is 0.463 e. The summed E-state index contributed by atoms with van der Waals surface area (Å²) in [7, 11) is 0. The standard InChI is InChI=1S/C36H60O6/c1-3-5-6-7-8-9-17-20-23-26-29-35(39)41-31-34(38)32-42-36(40)30-27-24-21-18-15-13-11-10-12-14-16-19-22-25-28-33(37)4-2/h11-14,18-19,21-22,25,28,33-34,37-38H,3-10,15-17,20,23-24,26-27,29-32H2,1-2H3/b13-11-,14-12-,21-18-,22-19-,28-25+/t33-,34+/m0/s1. The molecule has 0 aromatic carbocycles. The molecule has 0 spiro atoms. The van der Waals surface area contributed by atoms with Gasteiger partial charge in [-0.1, -0.05) is 132 Å². The number of aliphatic hydroxyl groups is 2. The number of carbonyl (C=O) groups is 2. The number of allylic oxidation sites excluding steroid dienone is 9. The molecule has 0 heterocycles. The van der Waals surface area contributed by atoms with Gasteiger partial charge in [-0.2, -0.15) is 0 Å². The summed E-state index contributed by atoms with van der Waals surface area (Å²) >= 11 is 0. The highest BCUT2D eigenvalue weighted by Crippen LogP contribution is 2.11. The molecule has 0 aliphatic carbocycles. The Bertz CT molecular complexity index is 780. The second-order valence-corrected chi connectivity index (χ2v) is 10.8. The van der Waals surface area contributed by atoms with E-state index in [0.717, 1.165) is 51.4 Å². The van der Waals surface area contributed by atoms with Gasteiger partial charge in [0.05, 0.1) is 6.10 Å². The average molecular weight is 589 g/mol. The number of rotatable bonds is 28. The van der Waals surface area contributed by atoms with Crippen LogP contribution in [-0.4, -0.2) is 47.6 Å². The molecule has 0 bridgehead atoms. The Morgan fingerprint density at radius 1 is 0.595 bits per heavy atom. The molecule has 6 nitrogen and oxygen atoms in total. The van der Waals surface area contributed by atoms with Crippen molar-refractivity contribution >= 4 is 11.9 Å². The highest BCUT2D eigenvalue weighted by Gasteiger charge is 2.11. The van der Waals surface area contributed by atoms with Crippen molar-refractivity contribution in [2.24, 2.45) is 0 Å². The predicted molar refractivity (Wildman–Crippen MR) is 174 cm³/mol. The maximum atomic E-state index is 11.9. The van der Waals surface area contributed by atoms with Crippen LogP contribution in [-0.2, 0) is 19.1 Å². The maximum Gasteiger partial charge on any atom is 0.305 e. The van der Waals surface area contributed by atoms with E-state index in [1.807, 2.05) is 19.1 Å². The molecule has 0 aromatic heterocycles. The summed E-state index contributed by atoms with van der Waals surface area (Å²) in [5.74, 6) is -0.658. The predicted octanol–water partition coefficient (Wildman–Crippen LogP) is 8.64. The quantitative estimate of drug-likeness (QED) is 0.0411. The fourth-order valence-corrected chi connectivity index (χ4v) is 4.01. The van der Waals surface area contributed by atoms with Crippen LogP contribution in [0.15, 0.2) is 60.8 Å². The van der Waals surface area contributed by atoms with Crippen LogP contribution in [0.4, 0.5) is 0 Å². The summed E-state index contributed by atoms with van der Waals surface area (Å²) < 4.78 is 10.2. The zero-order chi connectivity index (χ0) is 30.9. The van der Waals surface area contributed by atoms with Crippen LogP contribution in [0.1, 0.15) is 129 Å². The number of ether oxygens (including phenoxy) is 2. The second kappa shape index (κ2) is 31.5. The highest BCUT2D eigenvalue weighted by molar-refractivity contribution is 5.69. The fourth-order valence-electron chi connectivity index (χ4n) is 4.01. The van der Waals surface area contributed by atoms with Gasteiger partial charge in [0.2, 0.25) is 0 Å². The topological polar surface area (TPSA) is 93.1 Å². The first-order valence-corrected chi connectivity index (χ1v) is 16.4. The van der Waals surface area contributed by atoms with Crippen molar-refractivity contribution in [3.63, 3.8) is 0 Å². The molecule has 6 heteroatoms. The molecular formula is C36H60O6. The molecule has 240 valence electrons. The lowest BCUT2D eigenvalue weighted by molar-refractivity contribution is -0.152. The van der Waals surface area contributed by atoms with Crippen LogP contribution in [0.25, 0.3) is 0 Å². The average Bonchev–Trinajstić information content (AvgIpc) is 2.99. The second-order valence-electron chi connectivity index (χ2n) is 10.8. The summed E-state index contributed by atoms with van der Waals surface area (Å²) in [6.07, 6.45) is 36.5. The highest BCUT2D eigenvalue weighted by atomic mass is 16.6. The summed E-state index contributed by atoms with van der Waals surface area (Å²) in [5.41, 5.74) is 0. The van der Waals surface area contributed by atoms with Crippen molar-refractivity contribution in [1.82, 2.24) is 0 Å². The van der Waals surface area contributed by atoms with Gasteiger partial charge in [-0.15, -0.1) is 0 Å². The lowest BCUT2D eigenvalue weighted by Crippen LogP contribution is -2.25. The number of unbranched alkanes of at least 4 members (excludes halogenated alkanes) is 10. The molecule has 0 aliphatic heterocycles. The molecule has 0 rings (SSSR count). The van der Waals surface area contributed by atoms with Gasteiger partial charge in [-0.25, -0.2) is 0 Å². The van der Waals surface area contributed by atoms with Crippen LogP contribution in [0.3, 0.4) is 0 Å². The third-order valence-corrected chi connectivity index (χ3v) is 6.67. The third-order valence-electron chi connectivity index (χ3n) is 6.67. The number of aliphatic hydroxyl groups excluding tert-OH is 2. The summed E-state index contributed by atoms with van der Waals surface area (Å²) in [5, 5.41) is 19.3. The maximum absolute atomic E-state index is 11.9. The van der Waals surface area contributed by atoms with Crippen molar-refractivity contribution < 1.29 is 29.3 Å². The molecule has 2 atom stereocenters. The van der Waals surface area contributed by atoms with Crippen LogP contribution in [0, 0.1) is 0 Å². The molecule has 0 aliphatic rings. The molecule has 0 saturated heterocycles. The van der Waals surface area contributed by atoms with Gasteiger partial charge in [-0.3, -0.25) is 9.59 Å². The van der Waals surface area contributed by atoms with Gasteiger partial charge >= 0.3 is 11.9 Å². The molecule has 0 aromatic rings. The van der Waals surface area contributed by atoms with Gasteiger partial charge in [0, 0.05) is 12.8 Å². The van der Waals surface area contributed by atoms with E-state index in [1.54, 1.807) is 6.08 Å². The Morgan fingerprint density at radius 2 is 1.07 bits per heavy atom. The monoisotopic (exact) mass is 588 g/mol. The first-order chi connectivity index (χ1) is 20.5. The normalized spacial score (nSPS) is 13.7. The van der Waals surface area contributed by atoms with E-state index in [9.17, 15) is 19.8 Å². The first kappa shape index (κ1) is 39.6. The van der Waals surface area contributed by atoms with Crippen molar-refractivity contribution in [2.75, 3.05) is 13.2 Å². The van der Waals surface area contributed by atoms with Gasteiger partial charge in [0.25, 0.3) is 0 Å². The minimum absolute atomic E-state index is 0.143. The summed E-state index contributed by atoms with van der Waals surface area (Å²) in [6.45, 7) is 3.88. The number of hydrogen-bond acceptors (Lipinski definition) is 6. The number of carbonyl (C=O) groups excluding carboxylic acids is 2. The molecule has 0 fully saturated rings. The van der Waals surface area contributed by atoms with Gasteiger partial charge in [-0.05, 0) is 44.9 Å². The van der Waals surface area contributed by atoms with E-state index in [2.05, 4.69) is 49.5 Å². The van der Waals surface area contributed by atoms with Crippen molar-refractivity contribution in [3.05, 3.63) is 60.8 Å². The van der Waals surface area contributed by atoms with Crippen LogP contribution in [0.5, 0.6) is 0 Å². The summed E-state index contributed by atoms with van der Waals surface area (Å²) in [4.78, 5) is 23.7. The molecule has 42 heavy (non-hydrogen) atoms. The van der Waals surface area contributed by atoms with Crippen molar-refractivity contribution in [1.29, 1.82) is 0 Å².